The van der Waals surface area contributed by atoms with E-state index >= 15 is 0 Å². The third-order valence-corrected chi connectivity index (χ3v) is 4.55. The molecule has 1 amide bonds. The van der Waals surface area contributed by atoms with Crippen molar-refractivity contribution in [2.24, 2.45) is 0 Å². The molecule has 0 aliphatic rings. The van der Waals surface area contributed by atoms with Crippen LogP contribution in [0.1, 0.15) is 5.69 Å². The molecule has 0 saturated heterocycles. The van der Waals surface area contributed by atoms with Gasteiger partial charge in [0, 0.05) is 27.6 Å². The molecule has 6 heteroatoms. The van der Waals surface area contributed by atoms with Gasteiger partial charge in [0.25, 0.3) is 0 Å². The van der Waals surface area contributed by atoms with Gasteiger partial charge in [-0.2, -0.15) is 0 Å². The van der Waals surface area contributed by atoms with Crippen LogP contribution in [0, 0.1) is 0 Å². The molecule has 1 N–H and O–H groups in total. The second-order valence-electron chi connectivity index (χ2n) is 4.95. The highest BCUT2D eigenvalue weighted by Gasteiger charge is 2.11. The molecule has 0 unspecified atom stereocenters. The van der Waals surface area contributed by atoms with E-state index < -0.39 is 0 Å². The fourth-order valence-corrected chi connectivity index (χ4v) is 3.06. The fraction of sp³-hybridized carbons (Fsp3) is 0.176. The van der Waals surface area contributed by atoms with Crippen LogP contribution in [0.5, 0.6) is 0 Å². The molecule has 0 spiro atoms. The maximum Gasteiger partial charge on any atom is 0.226 e. The van der Waals surface area contributed by atoms with E-state index in [2.05, 4.69) is 10.5 Å². The summed E-state index contributed by atoms with van der Waals surface area (Å²) in [7, 11) is 0. The van der Waals surface area contributed by atoms with Crippen molar-refractivity contribution in [1.82, 2.24) is 10.5 Å². The van der Waals surface area contributed by atoms with Crippen LogP contribution in [-0.2, 0) is 11.2 Å². The Morgan fingerprint density at radius 1 is 1.17 bits per heavy atom. The Labute approximate surface area is 143 Å². The molecule has 3 rings (SSSR count). The number of hydrogen-bond donors (Lipinski definition) is 1. The quantitative estimate of drug-likeness (QED) is 0.542. The van der Waals surface area contributed by atoms with Gasteiger partial charge < -0.3 is 9.84 Å². The predicted octanol–water partition coefficient (Wildman–Crippen LogP) is 3.93. The van der Waals surface area contributed by atoms with E-state index in [1.54, 1.807) is 11.8 Å². The molecule has 118 valence electrons. The highest BCUT2D eigenvalue weighted by atomic mass is 35.5. The van der Waals surface area contributed by atoms with Gasteiger partial charge >= 0.3 is 0 Å². The minimum absolute atomic E-state index is 0.0549. The predicted molar refractivity (Wildman–Crippen MR) is 92.9 cm³/mol. The third kappa shape index (κ3) is 4.27. The number of fused-ring (bicyclic) bond motifs is 1. The monoisotopic (exact) mass is 346 g/mol. The topological polar surface area (TPSA) is 55.1 Å². The van der Waals surface area contributed by atoms with Gasteiger partial charge in [-0.1, -0.05) is 28.9 Å². The summed E-state index contributed by atoms with van der Waals surface area (Å²) < 4.78 is 5.20. The van der Waals surface area contributed by atoms with Crippen LogP contribution >= 0.6 is 23.4 Å². The van der Waals surface area contributed by atoms with Crippen molar-refractivity contribution >= 4 is 40.2 Å². The number of nitrogens with zero attached hydrogens (tertiary/aromatic N) is 1. The summed E-state index contributed by atoms with van der Waals surface area (Å²) >= 11 is 7.52. The molecule has 0 radical (unpaired) electrons. The third-order valence-electron chi connectivity index (χ3n) is 3.29. The Bertz CT molecular complexity index is 802. The maximum absolute atomic E-state index is 12.0. The summed E-state index contributed by atoms with van der Waals surface area (Å²) in [6.45, 7) is 0.599. The van der Waals surface area contributed by atoms with Gasteiger partial charge in [-0.25, -0.2) is 0 Å². The Morgan fingerprint density at radius 3 is 2.78 bits per heavy atom. The van der Waals surface area contributed by atoms with Crippen LogP contribution in [0.3, 0.4) is 0 Å². The van der Waals surface area contributed by atoms with Crippen LogP contribution in [0.25, 0.3) is 11.0 Å². The smallest absolute Gasteiger partial charge is 0.226 e. The number of hydrogen-bond acceptors (Lipinski definition) is 4. The minimum Gasteiger partial charge on any atom is -0.356 e. The lowest BCUT2D eigenvalue weighted by Gasteiger charge is -2.04. The first-order valence-corrected chi connectivity index (χ1v) is 8.57. The summed E-state index contributed by atoms with van der Waals surface area (Å²) in [5.41, 5.74) is 1.37. The molecular weight excluding hydrogens is 332 g/mol. The summed E-state index contributed by atoms with van der Waals surface area (Å²) in [4.78, 5) is 13.1. The number of benzene rings is 2. The van der Waals surface area contributed by atoms with Crippen molar-refractivity contribution in [2.45, 2.75) is 11.3 Å². The number of amides is 1. The van der Waals surface area contributed by atoms with Gasteiger partial charge in [0.05, 0.1) is 6.42 Å². The van der Waals surface area contributed by atoms with E-state index in [1.165, 1.54) is 0 Å². The zero-order chi connectivity index (χ0) is 16.1. The largest absolute Gasteiger partial charge is 0.356 e. The maximum atomic E-state index is 12.0. The summed E-state index contributed by atoms with van der Waals surface area (Å²) in [5, 5.41) is 8.48. The SMILES string of the molecule is O=C(Cc1noc2ccccc12)NCCSc1ccc(Cl)cc1. The fourth-order valence-electron chi connectivity index (χ4n) is 2.17. The van der Waals surface area contributed by atoms with Gasteiger partial charge in [-0.3, -0.25) is 4.79 Å². The molecule has 4 nitrogen and oxygen atoms in total. The van der Waals surface area contributed by atoms with E-state index in [0.29, 0.717) is 17.8 Å². The number of carbonyl (C=O) groups excluding carboxylic acids is 1. The van der Waals surface area contributed by atoms with Gasteiger partial charge in [-0.05, 0) is 36.4 Å². The number of thioether (sulfide) groups is 1. The molecule has 3 aromatic rings. The number of rotatable bonds is 6. The average Bonchev–Trinajstić information content (AvgIpc) is 2.96. The van der Waals surface area contributed by atoms with Crippen molar-refractivity contribution in [3.05, 3.63) is 59.2 Å². The van der Waals surface area contributed by atoms with Crippen molar-refractivity contribution in [3.63, 3.8) is 0 Å². The van der Waals surface area contributed by atoms with E-state index in [0.717, 1.165) is 21.1 Å². The second-order valence-corrected chi connectivity index (χ2v) is 6.56. The first kappa shape index (κ1) is 15.9. The molecule has 1 heterocycles. The highest BCUT2D eigenvalue weighted by Crippen LogP contribution is 2.20. The first-order valence-electron chi connectivity index (χ1n) is 7.21. The number of aromatic nitrogens is 1. The average molecular weight is 347 g/mol. The van der Waals surface area contributed by atoms with E-state index in [4.69, 9.17) is 16.1 Å². The lowest BCUT2D eigenvalue weighted by molar-refractivity contribution is -0.120. The summed E-state index contributed by atoms with van der Waals surface area (Å²) in [6.07, 6.45) is 0.225. The standard InChI is InChI=1S/C17H15ClN2O2S/c18-12-5-7-13(8-6-12)23-10-9-19-17(21)11-15-14-3-1-2-4-16(14)22-20-15/h1-8H,9-11H2,(H,19,21). The molecular formula is C17H15ClN2O2S. The Morgan fingerprint density at radius 2 is 1.96 bits per heavy atom. The highest BCUT2D eigenvalue weighted by molar-refractivity contribution is 7.99. The van der Waals surface area contributed by atoms with E-state index in [-0.39, 0.29) is 12.3 Å². The molecule has 0 aliphatic carbocycles. The molecule has 0 bridgehead atoms. The van der Waals surface area contributed by atoms with Crippen LogP contribution in [0.2, 0.25) is 5.02 Å². The Kier molecular flexibility index (Phi) is 5.20. The lowest BCUT2D eigenvalue weighted by atomic mass is 10.2. The first-order chi connectivity index (χ1) is 11.2. The van der Waals surface area contributed by atoms with Crippen molar-refractivity contribution in [3.8, 4) is 0 Å². The summed E-state index contributed by atoms with van der Waals surface area (Å²) in [6, 6.07) is 15.2. The van der Waals surface area contributed by atoms with Gasteiger partial charge in [-0.15, -0.1) is 11.8 Å². The summed E-state index contributed by atoms with van der Waals surface area (Å²) in [5.74, 6) is 0.744. The molecule has 0 aliphatic heterocycles. The number of carbonyl (C=O) groups is 1. The van der Waals surface area contributed by atoms with Crippen molar-refractivity contribution < 1.29 is 9.32 Å². The zero-order valence-electron chi connectivity index (χ0n) is 12.3. The number of halogens is 1. The number of para-hydroxylation sites is 1. The van der Waals surface area contributed by atoms with Crippen LogP contribution < -0.4 is 5.32 Å². The molecule has 23 heavy (non-hydrogen) atoms. The molecule has 1 aromatic heterocycles. The molecule has 0 saturated carbocycles. The number of nitrogens with one attached hydrogen (secondary N) is 1. The van der Waals surface area contributed by atoms with Crippen LogP contribution in [-0.4, -0.2) is 23.4 Å². The van der Waals surface area contributed by atoms with Crippen LogP contribution in [0.15, 0.2) is 57.9 Å². The molecule has 2 aromatic carbocycles. The Hall–Kier alpha value is -1.98. The lowest BCUT2D eigenvalue weighted by Crippen LogP contribution is -2.27. The Balaban J connectivity index is 1.45. The van der Waals surface area contributed by atoms with E-state index in [9.17, 15) is 4.79 Å². The normalized spacial score (nSPS) is 10.8. The van der Waals surface area contributed by atoms with E-state index in [1.807, 2.05) is 48.5 Å². The zero-order valence-corrected chi connectivity index (χ0v) is 13.9. The second kappa shape index (κ2) is 7.53. The molecule has 0 atom stereocenters. The van der Waals surface area contributed by atoms with Crippen molar-refractivity contribution in [2.75, 3.05) is 12.3 Å². The van der Waals surface area contributed by atoms with Gasteiger partial charge in [0.1, 0.15) is 5.69 Å². The van der Waals surface area contributed by atoms with Crippen molar-refractivity contribution in [1.29, 1.82) is 0 Å². The van der Waals surface area contributed by atoms with Gasteiger partial charge in [0.2, 0.25) is 5.91 Å². The van der Waals surface area contributed by atoms with Gasteiger partial charge in [0.15, 0.2) is 5.58 Å². The minimum atomic E-state index is -0.0549. The van der Waals surface area contributed by atoms with Crippen LogP contribution in [0.4, 0.5) is 0 Å². The molecule has 0 fully saturated rings.